The molecule has 1 aromatic carbocycles. The van der Waals surface area contributed by atoms with E-state index in [1.54, 1.807) is 12.1 Å². The van der Waals surface area contributed by atoms with Gasteiger partial charge >= 0.3 is 0 Å². The maximum atomic E-state index is 14.1. The number of aromatic nitrogens is 3. The zero-order valence-electron chi connectivity index (χ0n) is 18.4. The molecule has 2 saturated heterocycles. The molecule has 1 atom stereocenters. The molecule has 0 saturated carbocycles. The maximum Gasteiger partial charge on any atom is 0.233 e. The van der Waals surface area contributed by atoms with Crippen molar-refractivity contribution in [2.24, 2.45) is 0 Å². The van der Waals surface area contributed by atoms with Gasteiger partial charge in [0.25, 0.3) is 0 Å². The fraction of sp³-hybridized carbons (Fsp3) is 0.571. The van der Waals surface area contributed by atoms with Crippen LogP contribution in [0.2, 0.25) is 12.1 Å². The number of anilines is 4. The van der Waals surface area contributed by atoms with Crippen molar-refractivity contribution in [2.45, 2.75) is 37.4 Å². The van der Waals surface area contributed by atoms with E-state index in [4.69, 9.17) is 9.72 Å². The number of rotatable bonds is 6. The van der Waals surface area contributed by atoms with Crippen molar-refractivity contribution in [1.82, 2.24) is 19.9 Å². The van der Waals surface area contributed by atoms with Crippen molar-refractivity contribution in [2.75, 3.05) is 55.9 Å². The molecule has 0 aliphatic carbocycles. The number of hydrogen-bond donors (Lipinski definition) is 2. The van der Waals surface area contributed by atoms with Gasteiger partial charge in [-0.3, -0.25) is 0 Å². The molecule has 0 amide bonds. The molecule has 0 bridgehead atoms. The Kier molecular flexibility index (Phi) is 7.18. The Bertz CT molecular complexity index is 871. The number of nitrogens with zero attached hydrogens (tertiary/aromatic N) is 5. The minimum atomic E-state index is -0.428. The Morgan fingerprint density at radius 3 is 2.68 bits per heavy atom. The first-order valence-corrected chi connectivity index (χ1v) is 13.2. The summed E-state index contributed by atoms with van der Waals surface area (Å²) in [5, 5.41) is 6.71. The molecule has 31 heavy (non-hydrogen) atoms. The molecular weight excluding hydrogens is 413 g/mol. The first kappa shape index (κ1) is 21.8. The normalized spacial score (nSPS) is 21.0. The summed E-state index contributed by atoms with van der Waals surface area (Å²) in [6.45, 7) is 3.67. The molecular formula is C21H32FN7OSi. The summed E-state index contributed by atoms with van der Waals surface area (Å²) in [7, 11) is 3.57. The number of benzene rings is 1. The fourth-order valence-corrected chi connectivity index (χ4v) is 6.03. The standard InChI is InChI=1S/C21H32FN7OSi/c1-28-8-10-29(11-9-28)21-26-19(23-15-6-7-18(30-2)17(22)13-15)25-20(27-21)24-16-5-3-4-12-31-14-16/h6-7,13,16H,3-5,8-12,14,31H2,1-2H3,(H2,23,24,25,26,27). The van der Waals surface area contributed by atoms with Gasteiger partial charge in [0.15, 0.2) is 11.6 Å². The summed E-state index contributed by atoms with van der Waals surface area (Å²) in [5.41, 5.74) is 0.571. The van der Waals surface area contributed by atoms with Gasteiger partial charge in [-0.1, -0.05) is 18.9 Å². The van der Waals surface area contributed by atoms with Crippen LogP contribution in [0.3, 0.4) is 0 Å². The van der Waals surface area contributed by atoms with Gasteiger partial charge in [0.1, 0.15) is 0 Å². The molecule has 2 aliphatic rings. The average molecular weight is 446 g/mol. The van der Waals surface area contributed by atoms with E-state index in [0.717, 1.165) is 32.6 Å². The third-order valence-electron chi connectivity index (χ3n) is 6.01. The molecule has 2 aliphatic heterocycles. The number of nitrogens with one attached hydrogen (secondary N) is 2. The summed E-state index contributed by atoms with van der Waals surface area (Å²) < 4.78 is 19.2. The molecule has 1 aromatic heterocycles. The molecule has 0 spiro atoms. The molecule has 8 nitrogen and oxygen atoms in total. The summed E-state index contributed by atoms with van der Waals surface area (Å²) in [5.74, 6) is 1.46. The molecule has 168 valence electrons. The van der Waals surface area contributed by atoms with Crippen LogP contribution in [-0.4, -0.2) is 75.7 Å². The molecule has 0 radical (unpaired) electrons. The number of methoxy groups -OCH3 is 1. The zero-order chi connectivity index (χ0) is 21.6. The monoisotopic (exact) mass is 445 g/mol. The molecule has 2 fully saturated rings. The SMILES string of the molecule is COc1ccc(Nc2nc(NC3CCCC[SiH2]C3)nc(N3CCN(C)CC3)n2)cc1F. The van der Waals surface area contributed by atoms with Crippen LogP contribution in [0, 0.1) is 5.82 Å². The molecule has 2 N–H and O–H groups in total. The van der Waals surface area contributed by atoms with Crippen LogP contribution >= 0.6 is 0 Å². The van der Waals surface area contributed by atoms with Crippen LogP contribution in [0.15, 0.2) is 18.2 Å². The van der Waals surface area contributed by atoms with Gasteiger partial charge in [-0.15, -0.1) is 0 Å². The third kappa shape index (κ3) is 5.82. The predicted octanol–water partition coefficient (Wildman–Crippen LogP) is 2.48. The molecule has 4 rings (SSSR count). The molecule has 2 aromatic rings. The maximum absolute atomic E-state index is 14.1. The minimum Gasteiger partial charge on any atom is -0.494 e. The van der Waals surface area contributed by atoms with E-state index in [1.807, 2.05) is 0 Å². The first-order chi connectivity index (χ1) is 15.1. The van der Waals surface area contributed by atoms with Gasteiger partial charge in [-0.05, 0) is 31.6 Å². The van der Waals surface area contributed by atoms with Crippen LogP contribution < -0.4 is 20.3 Å². The highest BCUT2D eigenvalue weighted by Crippen LogP contribution is 2.25. The quantitative estimate of drug-likeness (QED) is 0.657. The van der Waals surface area contributed by atoms with E-state index in [0.29, 0.717) is 29.6 Å². The minimum absolute atomic E-state index is 0.0105. The van der Waals surface area contributed by atoms with Crippen molar-refractivity contribution in [3.63, 3.8) is 0 Å². The summed E-state index contributed by atoms with van der Waals surface area (Å²) >= 11 is 0. The van der Waals surface area contributed by atoms with E-state index < -0.39 is 5.82 Å². The zero-order valence-corrected chi connectivity index (χ0v) is 19.8. The predicted molar refractivity (Wildman–Crippen MR) is 125 cm³/mol. The number of halogens is 1. The number of likely N-dealkylation sites (N-methyl/N-ethyl adjacent to an activating group) is 1. The van der Waals surface area contributed by atoms with Gasteiger partial charge in [0.05, 0.1) is 7.11 Å². The topological polar surface area (TPSA) is 78.4 Å². The van der Waals surface area contributed by atoms with Gasteiger partial charge in [-0.25, -0.2) is 4.39 Å². The van der Waals surface area contributed by atoms with Crippen LogP contribution in [0.25, 0.3) is 0 Å². The highest BCUT2D eigenvalue weighted by molar-refractivity contribution is 6.35. The third-order valence-corrected chi connectivity index (χ3v) is 8.11. The highest BCUT2D eigenvalue weighted by Gasteiger charge is 2.20. The summed E-state index contributed by atoms with van der Waals surface area (Å²) in [6.07, 6.45) is 3.77. The van der Waals surface area contributed by atoms with E-state index in [9.17, 15) is 4.39 Å². The lowest BCUT2D eigenvalue weighted by Gasteiger charge is -2.32. The van der Waals surface area contributed by atoms with Crippen molar-refractivity contribution in [1.29, 1.82) is 0 Å². The molecule has 3 heterocycles. The van der Waals surface area contributed by atoms with Crippen molar-refractivity contribution >= 4 is 33.1 Å². The molecule has 10 heteroatoms. The van der Waals surface area contributed by atoms with E-state index >= 15 is 0 Å². The Morgan fingerprint density at radius 2 is 1.90 bits per heavy atom. The van der Waals surface area contributed by atoms with Crippen LogP contribution in [0.1, 0.15) is 19.3 Å². The fourth-order valence-electron chi connectivity index (χ4n) is 4.11. The number of piperazine rings is 1. The van der Waals surface area contributed by atoms with E-state index in [-0.39, 0.29) is 15.3 Å². The van der Waals surface area contributed by atoms with Gasteiger partial charge in [0.2, 0.25) is 17.8 Å². The van der Waals surface area contributed by atoms with Crippen molar-refractivity contribution in [3.8, 4) is 5.75 Å². The Morgan fingerprint density at radius 1 is 1.10 bits per heavy atom. The largest absolute Gasteiger partial charge is 0.494 e. The Labute approximate surface area is 185 Å². The van der Waals surface area contributed by atoms with E-state index in [1.165, 1.54) is 38.1 Å². The lowest BCUT2D eigenvalue weighted by Crippen LogP contribution is -2.45. The number of ether oxygens (including phenoxy) is 1. The van der Waals surface area contributed by atoms with E-state index in [2.05, 4.69) is 37.4 Å². The number of hydrogen-bond acceptors (Lipinski definition) is 8. The van der Waals surface area contributed by atoms with Crippen LogP contribution in [0.4, 0.5) is 27.9 Å². The van der Waals surface area contributed by atoms with Crippen molar-refractivity contribution < 1.29 is 9.13 Å². The summed E-state index contributed by atoms with van der Waals surface area (Å²) in [6, 6.07) is 7.87. The second kappa shape index (κ2) is 10.2. The van der Waals surface area contributed by atoms with Crippen molar-refractivity contribution in [3.05, 3.63) is 24.0 Å². The first-order valence-electron chi connectivity index (χ1n) is 11.2. The van der Waals surface area contributed by atoms with Gasteiger partial charge < -0.3 is 25.2 Å². The second-order valence-electron chi connectivity index (χ2n) is 8.38. The average Bonchev–Trinajstić information content (AvgIpc) is 3.03. The molecule has 1 unspecified atom stereocenters. The van der Waals surface area contributed by atoms with Gasteiger partial charge in [0, 0.05) is 53.5 Å². The lowest BCUT2D eigenvalue weighted by molar-refractivity contribution is 0.311. The summed E-state index contributed by atoms with van der Waals surface area (Å²) in [4.78, 5) is 18.5. The van der Waals surface area contributed by atoms with Gasteiger partial charge in [-0.2, -0.15) is 15.0 Å². The Hall–Kier alpha value is -2.46. The Balaban J connectivity index is 1.58. The highest BCUT2D eigenvalue weighted by atomic mass is 28.2. The van der Waals surface area contributed by atoms with Crippen LogP contribution in [-0.2, 0) is 0 Å². The second-order valence-corrected chi connectivity index (χ2v) is 10.4. The van der Waals surface area contributed by atoms with Crippen LogP contribution in [0.5, 0.6) is 5.75 Å². The smallest absolute Gasteiger partial charge is 0.233 e. The lowest BCUT2D eigenvalue weighted by atomic mass is 10.1.